The number of hydrogen-bond donors (Lipinski definition) is 2. The third-order valence-corrected chi connectivity index (χ3v) is 3.42. The van der Waals surface area contributed by atoms with Crippen molar-refractivity contribution in [2.24, 2.45) is 11.7 Å². The zero-order valence-electron chi connectivity index (χ0n) is 11.5. The molecule has 0 atom stereocenters. The number of carbonyl (C=O) groups excluding carboxylic acids is 1. The fraction of sp³-hybridized carbons (Fsp3) is 0.615. The molecule has 2 rings (SSSR count). The van der Waals surface area contributed by atoms with Gasteiger partial charge in [-0.3, -0.25) is 4.79 Å². The zero-order valence-corrected chi connectivity index (χ0v) is 11.5. The highest BCUT2D eigenvalue weighted by atomic mass is 16.1. The average molecular weight is 263 g/mol. The first-order chi connectivity index (χ1) is 9.10. The maximum absolute atomic E-state index is 11.6. The third kappa shape index (κ3) is 3.41. The summed E-state index contributed by atoms with van der Waals surface area (Å²) >= 11 is 0. The van der Waals surface area contributed by atoms with Gasteiger partial charge in [0.25, 0.3) is 5.91 Å². The van der Waals surface area contributed by atoms with E-state index in [1.807, 2.05) is 20.0 Å². The summed E-state index contributed by atoms with van der Waals surface area (Å²) in [7, 11) is 1.99. The van der Waals surface area contributed by atoms with Crippen LogP contribution in [0.15, 0.2) is 12.1 Å². The second-order valence-corrected chi connectivity index (χ2v) is 5.11. The summed E-state index contributed by atoms with van der Waals surface area (Å²) in [5.74, 6) is 1.24. The SMILES string of the molecule is CCNC(=O)c1ccc(N(C)CC2CC(N)C2)nn1. The summed E-state index contributed by atoms with van der Waals surface area (Å²) < 4.78 is 0. The number of aromatic nitrogens is 2. The van der Waals surface area contributed by atoms with Gasteiger partial charge in [0, 0.05) is 26.2 Å². The Kier molecular flexibility index (Phi) is 4.31. The molecule has 0 bridgehead atoms. The first-order valence-corrected chi connectivity index (χ1v) is 6.68. The number of amides is 1. The van der Waals surface area contributed by atoms with E-state index in [4.69, 9.17) is 5.73 Å². The molecule has 0 spiro atoms. The average Bonchev–Trinajstić information content (AvgIpc) is 2.37. The first kappa shape index (κ1) is 13.7. The molecule has 6 heteroatoms. The van der Waals surface area contributed by atoms with Crippen molar-refractivity contribution >= 4 is 11.7 Å². The van der Waals surface area contributed by atoms with Crippen LogP contribution >= 0.6 is 0 Å². The van der Waals surface area contributed by atoms with Gasteiger partial charge in [0.1, 0.15) is 0 Å². The molecule has 0 unspecified atom stereocenters. The van der Waals surface area contributed by atoms with E-state index in [0.29, 0.717) is 24.2 Å². The molecule has 6 nitrogen and oxygen atoms in total. The van der Waals surface area contributed by atoms with Crippen LogP contribution in [0.1, 0.15) is 30.3 Å². The normalized spacial score (nSPS) is 21.6. The number of hydrogen-bond acceptors (Lipinski definition) is 5. The van der Waals surface area contributed by atoms with Crippen LogP contribution in [-0.2, 0) is 0 Å². The number of nitrogens with one attached hydrogen (secondary N) is 1. The molecule has 3 N–H and O–H groups in total. The molecular formula is C13H21N5O. The fourth-order valence-electron chi connectivity index (χ4n) is 2.32. The lowest BCUT2D eigenvalue weighted by molar-refractivity contribution is 0.0950. The van der Waals surface area contributed by atoms with E-state index in [0.717, 1.165) is 25.2 Å². The molecule has 1 fully saturated rings. The molecule has 0 radical (unpaired) electrons. The molecule has 1 aromatic rings. The zero-order chi connectivity index (χ0) is 13.8. The van der Waals surface area contributed by atoms with Crippen molar-refractivity contribution in [1.82, 2.24) is 15.5 Å². The van der Waals surface area contributed by atoms with E-state index in [1.54, 1.807) is 6.07 Å². The second kappa shape index (κ2) is 5.97. The van der Waals surface area contributed by atoms with Gasteiger partial charge >= 0.3 is 0 Å². The molecule has 104 valence electrons. The summed E-state index contributed by atoms with van der Waals surface area (Å²) in [6.45, 7) is 3.39. The van der Waals surface area contributed by atoms with E-state index in [-0.39, 0.29) is 5.91 Å². The predicted molar refractivity (Wildman–Crippen MR) is 74.0 cm³/mol. The van der Waals surface area contributed by atoms with Crippen LogP contribution in [0, 0.1) is 5.92 Å². The van der Waals surface area contributed by atoms with Gasteiger partial charge in [0.2, 0.25) is 0 Å². The van der Waals surface area contributed by atoms with Gasteiger partial charge in [0.15, 0.2) is 11.5 Å². The lowest BCUT2D eigenvalue weighted by atomic mass is 9.81. The molecule has 0 saturated heterocycles. The largest absolute Gasteiger partial charge is 0.358 e. The Morgan fingerprint density at radius 2 is 2.21 bits per heavy atom. The topological polar surface area (TPSA) is 84.1 Å². The highest BCUT2D eigenvalue weighted by Crippen LogP contribution is 2.27. The van der Waals surface area contributed by atoms with Crippen molar-refractivity contribution in [3.8, 4) is 0 Å². The van der Waals surface area contributed by atoms with Crippen LogP contribution in [0.2, 0.25) is 0 Å². The summed E-state index contributed by atoms with van der Waals surface area (Å²) in [6, 6.07) is 3.90. The lowest BCUT2D eigenvalue weighted by Gasteiger charge is -2.35. The maximum Gasteiger partial charge on any atom is 0.271 e. The quantitative estimate of drug-likeness (QED) is 0.803. The number of anilines is 1. The lowest BCUT2D eigenvalue weighted by Crippen LogP contribution is -2.42. The smallest absolute Gasteiger partial charge is 0.271 e. The molecule has 1 aliphatic rings. The van der Waals surface area contributed by atoms with Crippen LogP contribution in [0.4, 0.5) is 5.82 Å². The Labute approximate surface area is 113 Å². The van der Waals surface area contributed by atoms with Crippen LogP contribution < -0.4 is 16.0 Å². The minimum Gasteiger partial charge on any atom is -0.358 e. The molecule has 1 amide bonds. The van der Waals surface area contributed by atoms with E-state index < -0.39 is 0 Å². The monoisotopic (exact) mass is 263 g/mol. The number of nitrogens with two attached hydrogens (primary N) is 1. The maximum atomic E-state index is 11.6. The summed E-state index contributed by atoms with van der Waals surface area (Å²) in [6.07, 6.45) is 2.16. The summed E-state index contributed by atoms with van der Waals surface area (Å²) in [4.78, 5) is 13.6. The third-order valence-electron chi connectivity index (χ3n) is 3.42. The van der Waals surface area contributed by atoms with Gasteiger partial charge in [0.05, 0.1) is 0 Å². The van der Waals surface area contributed by atoms with Crippen molar-refractivity contribution in [3.63, 3.8) is 0 Å². The molecule has 0 aliphatic heterocycles. The number of carbonyl (C=O) groups is 1. The van der Waals surface area contributed by atoms with E-state index in [9.17, 15) is 4.79 Å². The van der Waals surface area contributed by atoms with Gasteiger partial charge in [-0.2, -0.15) is 0 Å². The molecule has 1 aliphatic carbocycles. The van der Waals surface area contributed by atoms with E-state index in [2.05, 4.69) is 20.4 Å². The van der Waals surface area contributed by atoms with Crippen LogP contribution in [0.25, 0.3) is 0 Å². The van der Waals surface area contributed by atoms with E-state index >= 15 is 0 Å². The molecule has 1 aromatic heterocycles. The van der Waals surface area contributed by atoms with Gasteiger partial charge in [-0.25, -0.2) is 0 Å². The Morgan fingerprint density at radius 3 is 2.74 bits per heavy atom. The molecule has 1 heterocycles. The summed E-state index contributed by atoms with van der Waals surface area (Å²) in [5.41, 5.74) is 6.13. The number of rotatable bonds is 5. The Bertz CT molecular complexity index is 427. The van der Waals surface area contributed by atoms with Crippen molar-refractivity contribution in [2.45, 2.75) is 25.8 Å². The number of nitrogens with zero attached hydrogens (tertiary/aromatic N) is 3. The minimum atomic E-state index is -0.186. The standard InChI is InChI=1S/C13H21N5O/c1-3-15-13(19)11-4-5-12(17-16-11)18(2)8-9-6-10(14)7-9/h4-5,9-10H,3,6-8,14H2,1-2H3,(H,15,19). The molecule has 0 aromatic carbocycles. The fourth-order valence-corrected chi connectivity index (χ4v) is 2.32. The second-order valence-electron chi connectivity index (χ2n) is 5.11. The Balaban J connectivity index is 1.92. The minimum absolute atomic E-state index is 0.186. The van der Waals surface area contributed by atoms with Gasteiger partial charge < -0.3 is 16.0 Å². The highest BCUT2D eigenvalue weighted by molar-refractivity contribution is 5.92. The van der Waals surface area contributed by atoms with Crippen LogP contribution in [-0.4, -0.2) is 42.3 Å². The van der Waals surface area contributed by atoms with Gasteiger partial charge in [-0.05, 0) is 37.8 Å². The van der Waals surface area contributed by atoms with Crippen molar-refractivity contribution in [3.05, 3.63) is 17.8 Å². The molecule has 1 saturated carbocycles. The van der Waals surface area contributed by atoms with Crippen molar-refractivity contribution in [1.29, 1.82) is 0 Å². The first-order valence-electron chi connectivity index (χ1n) is 6.68. The van der Waals surface area contributed by atoms with Crippen LogP contribution in [0.5, 0.6) is 0 Å². The van der Waals surface area contributed by atoms with Crippen LogP contribution in [0.3, 0.4) is 0 Å². The Morgan fingerprint density at radius 1 is 1.47 bits per heavy atom. The summed E-state index contributed by atoms with van der Waals surface area (Å²) in [5, 5.41) is 10.7. The predicted octanol–water partition coefficient (Wildman–Crippen LogP) is 0.400. The highest BCUT2D eigenvalue weighted by Gasteiger charge is 2.27. The van der Waals surface area contributed by atoms with Crippen molar-refractivity contribution < 1.29 is 4.79 Å². The van der Waals surface area contributed by atoms with Gasteiger partial charge in [-0.15, -0.1) is 10.2 Å². The van der Waals surface area contributed by atoms with E-state index in [1.165, 1.54) is 0 Å². The Hall–Kier alpha value is -1.69. The van der Waals surface area contributed by atoms with Gasteiger partial charge in [-0.1, -0.05) is 0 Å². The van der Waals surface area contributed by atoms with Crippen molar-refractivity contribution in [2.75, 3.05) is 25.0 Å². The molecule has 19 heavy (non-hydrogen) atoms. The molecular weight excluding hydrogens is 242 g/mol.